The third-order valence-corrected chi connectivity index (χ3v) is 2.67. The molecule has 3 heteroatoms. The van der Waals surface area contributed by atoms with Crippen molar-refractivity contribution in [2.24, 2.45) is 0 Å². The minimum atomic E-state index is -0.0142. The van der Waals surface area contributed by atoms with E-state index >= 15 is 0 Å². The Hall–Kier alpha value is -2.03. The van der Waals surface area contributed by atoms with Crippen molar-refractivity contribution in [1.82, 2.24) is 10.3 Å². The molecule has 1 aromatic heterocycles. The molecule has 1 aromatic carbocycles. The van der Waals surface area contributed by atoms with E-state index in [0.717, 1.165) is 22.9 Å². The van der Waals surface area contributed by atoms with Gasteiger partial charge < -0.3 is 10.3 Å². The highest BCUT2D eigenvalue weighted by atomic mass is 16.1. The van der Waals surface area contributed by atoms with E-state index in [0.29, 0.717) is 6.54 Å². The van der Waals surface area contributed by atoms with Crippen LogP contribution in [0.5, 0.6) is 0 Å². The SMILES string of the molecule is C/C=C/CCNC(=O)c1cccc2[nH]ccc12. The molecule has 0 radical (unpaired) electrons. The van der Waals surface area contributed by atoms with Gasteiger partial charge in [0.15, 0.2) is 0 Å². The van der Waals surface area contributed by atoms with Crippen LogP contribution in [0.4, 0.5) is 0 Å². The first-order valence-electron chi connectivity index (χ1n) is 5.78. The van der Waals surface area contributed by atoms with Gasteiger partial charge in [-0.3, -0.25) is 4.79 Å². The lowest BCUT2D eigenvalue weighted by Crippen LogP contribution is -2.24. The molecular formula is C14H16N2O. The van der Waals surface area contributed by atoms with E-state index in [1.807, 2.05) is 49.5 Å². The first-order chi connectivity index (χ1) is 8.33. The van der Waals surface area contributed by atoms with Crippen LogP contribution in [0.15, 0.2) is 42.6 Å². The van der Waals surface area contributed by atoms with Crippen LogP contribution < -0.4 is 5.32 Å². The number of H-pyrrole nitrogens is 1. The van der Waals surface area contributed by atoms with Crippen LogP contribution in [-0.4, -0.2) is 17.4 Å². The Balaban J connectivity index is 2.11. The lowest BCUT2D eigenvalue weighted by Gasteiger charge is -2.04. The van der Waals surface area contributed by atoms with Crippen LogP contribution in [0.3, 0.4) is 0 Å². The van der Waals surface area contributed by atoms with Gasteiger partial charge in [0.05, 0.1) is 0 Å². The minimum Gasteiger partial charge on any atom is -0.361 e. The maximum atomic E-state index is 12.0. The van der Waals surface area contributed by atoms with Gasteiger partial charge in [0, 0.05) is 29.2 Å². The number of carbonyl (C=O) groups is 1. The van der Waals surface area contributed by atoms with Crippen LogP contribution in [0.2, 0.25) is 0 Å². The Morgan fingerprint density at radius 2 is 2.29 bits per heavy atom. The minimum absolute atomic E-state index is 0.0142. The fourth-order valence-electron chi connectivity index (χ4n) is 1.81. The standard InChI is InChI=1S/C14H16N2O/c1-2-3-4-9-16-14(17)12-6-5-7-13-11(12)8-10-15-13/h2-3,5-8,10,15H,4,9H2,1H3,(H,16,17)/b3-2+. The van der Waals surface area contributed by atoms with Crippen LogP contribution in [0, 0.1) is 0 Å². The number of aromatic amines is 1. The number of amides is 1. The maximum absolute atomic E-state index is 12.0. The van der Waals surface area contributed by atoms with Crippen LogP contribution in [0.1, 0.15) is 23.7 Å². The zero-order valence-electron chi connectivity index (χ0n) is 9.86. The van der Waals surface area contributed by atoms with Crippen molar-refractivity contribution in [2.75, 3.05) is 6.54 Å². The Morgan fingerprint density at radius 3 is 3.12 bits per heavy atom. The van der Waals surface area contributed by atoms with Crippen molar-refractivity contribution >= 4 is 16.8 Å². The molecule has 0 aliphatic heterocycles. The third kappa shape index (κ3) is 2.56. The van der Waals surface area contributed by atoms with E-state index in [1.54, 1.807) is 0 Å². The first-order valence-corrected chi connectivity index (χ1v) is 5.78. The van der Waals surface area contributed by atoms with Crippen LogP contribution >= 0.6 is 0 Å². The quantitative estimate of drug-likeness (QED) is 0.613. The molecule has 2 N–H and O–H groups in total. The molecule has 2 aromatic rings. The molecule has 0 bridgehead atoms. The topological polar surface area (TPSA) is 44.9 Å². The summed E-state index contributed by atoms with van der Waals surface area (Å²) in [5.41, 5.74) is 1.72. The molecule has 0 fully saturated rings. The predicted molar refractivity (Wildman–Crippen MR) is 70.1 cm³/mol. The molecule has 2 rings (SSSR count). The van der Waals surface area contributed by atoms with Crippen molar-refractivity contribution in [3.63, 3.8) is 0 Å². The summed E-state index contributed by atoms with van der Waals surface area (Å²) in [5.74, 6) is -0.0142. The van der Waals surface area contributed by atoms with Gasteiger partial charge in [0.25, 0.3) is 5.91 Å². The molecule has 3 nitrogen and oxygen atoms in total. The maximum Gasteiger partial charge on any atom is 0.251 e. The second kappa shape index (κ2) is 5.34. The van der Waals surface area contributed by atoms with Gasteiger partial charge in [-0.25, -0.2) is 0 Å². The van der Waals surface area contributed by atoms with Gasteiger partial charge in [-0.2, -0.15) is 0 Å². The number of nitrogens with one attached hydrogen (secondary N) is 2. The summed E-state index contributed by atoms with van der Waals surface area (Å²) in [5, 5.41) is 3.88. The number of hydrogen-bond donors (Lipinski definition) is 2. The molecular weight excluding hydrogens is 212 g/mol. The van der Waals surface area contributed by atoms with Crippen molar-refractivity contribution in [2.45, 2.75) is 13.3 Å². The Kier molecular flexibility index (Phi) is 3.60. The lowest BCUT2D eigenvalue weighted by molar-refractivity contribution is 0.0956. The number of hydrogen-bond acceptors (Lipinski definition) is 1. The van der Waals surface area contributed by atoms with Crippen molar-refractivity contribution in [3.05, 3.63) is 48.2 Å². The Morgan fingerprint density at radius 1 is 1.41 bits per heavy atom. The summed E-state index contributed by atoms with van der Waals surface area (Å²) in [7, 11) is 0. The van der Waals surface area contributed by atoms with E-state index in [1.165, 1.54) is 0 Å². The van der Waals surface area contributed by atoms with Gasteiger partial charge in [0.2, 0.25) is 0 Å². The first kappa shape index (κ1) is 11.5. The van der Waals surface area contributed by atoms with Gasteiger partial charge >= 0.3 is 0 Å². The van der Waals surface area contributed by atoms with E-state index < -0.39 is 0 Å². The summed E-state index contributed by atoms with van der Waals surface area (Å²) < 4.78 is 0. The molecule has 0 unspecified atom stereocenters. The fourth-order valence-corrected chi connectivity index (χ4v) is 1.81. The summed E-state index contributed by atoms with van der Waals surface area (Å²) in [6.07, 6.45) is 6.74. The molecule has 17 heavy (non-hydrogen) atoms. The van der Waals surface area contributed by atoms with Crippen LogP contribution in [-0.2, 0) is 0 Å². The number of allylic oxidation sites excluding steroid dienone is 1. The van der Waals surface area contributed by atoms with Crippen molar-refractivity contribution in [3.8, 4) is 0 Å². The molecule has 0 aliphatic rings. The van der Waals surface area contributed by atoms with Gasteiger partial charge in [-0.05, 0) is 31.5 Å². The number of benzene rings is 1. The molecule has 0 atom stereocenters. The lowest BCUT2D eigenvalue weighted by atomic mass is 10.1. The van der Waals surface area contributed by atoms with E-state index in [9.17, 15) is 4.79 Å². The second-order valence-electron chi connectivity index (χ2n) is 3.86. The second-order valence-corrected chi connectivity index (χ2v) is 3.86. The number of carbonyl (C=O) groups excluding carboxylic acids is 1. The normalized spacial score (nSPS) is 11.1. The fraction of sp³-hybridized carbons (Fsp3) is 0.214. The van der Waals surface area contributed by atoms with Gasteiger partial charge in [0.1, 0.15) is 0 Å². The number of aromatic nitrogens is 1. The van der Waals surface area contributed by atoms with E-state index in [2.05, 4.69) is 10.3 Å². The molecule has 88 valence electrons. The number of fused-ring (bicyclic) bond motifs is 1. The Bertz CT molecular complexity index is 540. The van der Waals surface area contributed by atoms with Crippen molar-refractivity contribution in [1.29, 1.82) is 0 Å². The highest BCUT2D eigenvalue weighted by Crippen LogP contribution is 2.16. The van der Waals surface area contributed by atoms with Gasteiger partial charge in [-0.1, -0.05) is 18.2 Å². The molecule has 0 aliphatic carbocycles. The highest BCUT2D eigenvalue weighted by molar-refractivity contribution is 6.06. The number of rotatable bonds is 4. The van der Waals surface area contributed by atoms with E-state index in [4.69, 9.17) is 0 Å². The largest absolute Gasteiger partial charge is 0.361 e. The average molecular weight is 228 g/mol. The third-order valence-electron chi connectivity index (χ3n) is 2.67. The summed E-state index contributed by atoms with van der Waals surface area (Å²) in [6.45, 7) is 2.65. The average Bonchev–Trinajstić information content (AvgIpc) is 2.82. The Labute approximate surface area is 101 Å². The summed E-state index contributed by atoms with van der Waals surface area (Å²) in [4.78, 5) is 15.1. The predicted octanol–water partition coefficient (Wildman–Crippen LogP) is 2.86. The molecule has 0 saturated heterocycles. The monoisotopic (exact) mass is 228 g/mol. The van der Waals surface area contributed by atoms with Crippen molar-refractivity contribution < 1.29 is 4.79 Å². The molecule has 1 amide bonds. The van der Waals surface area contributed by atoms with E-state index in [-0.39, 0.29) is 5.91 Å². The zero-order chi connectivity index (χ0) is 12.1. The smallest absolute Gasteiger partial charge is 0.251 e. The molecule has 0 saturated carbocycles. The highest BCUT2D eigenvalue weighted by Gasteiger charge is 2.08. The zero-order valence-corrected chi connectivity index (χ0v) is 9.86. The van der Waals surface area contributed by atoms with Gasteiger partial charge in [-0.15, -0.1) is 0 Å². The molecule has 0 spiro atoms. The van der Waals surface area contributed by atoms with Crippen LogP contribution in [0.25, 0.3) is 10.9 Å². The molecule has 1 heterocycles. The summed E-state index contributed by atoms with van der Waals surface area (Å²) in [6, 6.07) is 7.63. The summed E-state index contributed by atoms with van der Waals surface area (Å²) >= 11 is 0.